The zero-order chi connectivity index (χ0) is 14.7. The Bertz CT molecular complexity index is 732. The van der Waals surface area contributed by atoms with Gasteiger partial charge in [0, 0.05) is 34.3 Å². The van der Waals surface area contributed by atoms with E-state index in [1.165, 1.54) is 4.88 Å². The van der Waals surface area contributed by atoms with E-state index in [-0.39, 0.29) is 24.0 Å². The molecule has 0 bridgehead atoms. The molecule has 3 aromatic rings. The molecular weight excluding hydrogens is 407 g/mol. The molecule has 0 aliphatic heterocycles. The minimum Gasteiger partial charge on any atom is -0.441 e. The van der Waals surface area contributed by atoms with Crippen molar-refractivity contribution in [2.45, 2.75) is 19.4 Å². The summed E-state index contributed by atoms with van der Waals surface area (Å²) in [5.74, 6) is 0.727. The van der Waals surface area contributed by atoms with E-state index < -0.39 is 0 Å². The molecule has 22 heavy (non-hydrogen) atoms. The first-order valence-electron chi connectivity index (χ1n) is 6.56. The van der Waals surface area contributed by atoms with Crippen LogP contribution in [-0.4, -0.2) is 21.3 Å². The molecule has 0 spiro atoms. The van der Waals surface area contributed by atoms with Crippen LogP contribution in [-0.2, 0) is 30.3 Å². The van der Waals surface area contributed by atoms with Crippen molar-refractivity contribution in [3.05, 3.63) is 45.0 Å². The smallest absolute Gasteiger partial charge is 0.108 e. The molecule has 0 saturated heterocycles. The second kappa shape index (κ2) is 8.07. The molecule has 0 aromatic carbocycles. The maximum Gasteiger partial charge on any atom is 0.108 e. The molecule has 4 nitrogen and oxygen atoms in total. The van der Waals surface area contributed by atoms with Gasteiger partial charge >= 0.3 is 0 Å². The topological polar surface area (TPSA) is 42.2 Å². The number of hydrogen-bond acceptors (Lipinski definition) is 4. The predicted octanol–water partition coefficient (Wildman–Crippen LogP) is 3.87. The molecule has 8 heteroatoms. The second-order valence-corrected chi connectivity index (χ2v) is 6.33. The molecule has 0 amide bonds. The Labute approximate surface area is 151 Å². The van der Waals surface area contributed by atoms with E-state index in [2.05, 4.69) is 43.7 Å². The van der Waals surface area contributed by atoms with Gasteiger partial charge in [-0.25, -0.2) is 0 Å². The van der Waals surface area contributed by atoms with Gasteiger partial charge in [-0.1, -0.05) is 6.07 Å². The van der Waals surface area contributed by atoms with Crippen LogP contribution in [0.1, 0.15) is 16.9 Å². The standard InChI is InChI=1S/C14H13BrFN4S.Cr/c15-13-10(3-1-5-16)7-12-14(18-9-19-20(12)13)17-8-11-4-2-6-21-11;/h2,4,6-7H,1,3,5,8H2,(H,17,18,19);/q-1;. The predicted molar refractivity (Wildman–Crippen MR) is 85.5 cm³/mol. The summed E-state index contributed by atoms with van der Waals surface area (Å²) in [7, 11) is 0. The number of rotatable bonds is 6. The molecule has 0 atom stereocenters. The van der Waals surface area contributed by atoms with Crippen molar-refractivity contribution in [3.8, 4) is 0 Å². The number of hydrogen-bond donors (Lipinski definition) is 1. The summed E-state index contributed by atoms with van der Waals surface area (Å²) in [6.07, 6.45) is 3.82. The quantitative estimate of drug-likeness (QED) is 0.616. The molecule has 0 unspecified atom stereocenters. The number of aryl methyl sites for hydroxylation is 1. The Morgan fingerprint density at radius 2 is 2.32 bits per heavy atom. The third kappa shape index (κ3) is 3.69. The Morgan fingerprint density at radius 3 is 3.05 bits per heavy atom. The molecule has 3 aromatic heterocycles. The number of fused-ring (bicyclic) bond motifs is 1. The fourth-order valence-corrected chi connectivity index (χ4v) is 3.34. The van der Waals surface area contributed by atoms with Crippen molar-refractivity contribution in [1.29, 1.82) is 0 Å². The van der Waals surface area contributed by atoms with E-state index in [0.29, 0.717) is 19.4 Å². The van der Waals surface area contributed by atoms with Gasteiger partial charge < -0.3 is 10.3 Å². The van der Waals surface area contributed by atoms with Gasteiger partial charge in [0.15, 0.2) is 0 Å². The minimum atomic E-state index is -0.320. The summed E-state index contributed by atoms with van der Waals surface area (Å²) in [5.41, 5.74) is 1.90. The van der Waals surface area contributed by atoms with E-state index >= 15 is 0 Å². The van der Waals surface area contributed by atoms with E-state index in [4.69, 9.17) is 0 Å². The summed E-state index contributed by atoms with van der Waals surface area (Å²) in [6.45, 7) is 0.390. The Morgan fingerprint density at radius 1 is 1.45 bits per heavy atom. The van der Waals surface area contributed by atoms with Crippen LogP contribution in [0.4, 0.5) is 10.2 Å². The molecule has 0 aliphatic rings. The SMILES string of the molecule is FCCCc1cc2c(NCc3cccs3)n[c-]nn2c1Br.[Cr]. The molecule has 3 rings (SSSR count). The average Bonchev–Trinajstić information content (AvgIpc) is 3.12. The number of aromatic nitrogens is 3. The number of nitrogens with one attached hydrogen (secondary N) is 1. The molecule has 0 aliphatic carbocycles. The number of anilines is 1. The average molecular weight is 420 g/mol. The zero-order valence-corrected chi connectivity index (χ0v) is 15.2. The normalized spacial score (nSPS) is 10.6. The van der Waals surface area contributed by atoms with Gasteiger partial charge in [0.2, 0.25) is 0 Å². The number of nitrogens with zero attached hydrogens (tertiary/aromatic N) is 3. The Kier molecular flexibility index (Phi) is 6.39. The van der Waals surface area contributed by atoms with Crippen molar-refractivity contribution >= 4 is 38.6 Å². The fourth-order valence-electron chi connectivity index (χ4n) is 2.11. The molecular formula is C14H13BrCrFN4S-. The molecule has 3 heterocycles. The first-order chi connectivity index (χ1) is 10.3. The maximum atomic E-state index is 12.4. The van der Waals surface area contributed by atoms with Crippen LogP contribution in [0.5, 0.6) is 0 Å². The van der Waals surface area contributed by atoms with Crippen LogP contribution in [0.25, 0.3) is 5.52 Å². The Hall–Kier alpha value is -0.938. The number of alkyl halides is 1. The summed E-state index contributed by atoms with van der Waals surface area (Å²) in [5, 5.41) is 9.46. The monoisotopic (exact) mass is 419 g/mol. The van der Waals surface area contributed by atoms with Gasteiger partial charge in [0.25, 0.3) is 0 Å². The summed E-state index contributed by atoms with van der Waals surface area (Å²) < 4.78 is 14.9. The first kappa shape index (κ1) is 17.4. The first-order valence-corrected chi connectivity index (χ1v) is 8.23. The molecule has 116 valence electrons. The number of thiophene rings is 1. The van der Waals surface area contributed by atoms with Crippen LogP contribution in [0.15, 0.2) is 28.2 Å². The third-order valence-corrected chi connectivity index (χ3v) is 4.85. The number of halogens is 2. The van der Waals surface area contributed by atoms with E-state index in [1.54, 1.807) is 15.9 Å². The van der Waals surface area contributed by atoms with Crippen LogP contribution in [0, 0.1) is 6.33 Å². The van der Waals surface area contributed by atoms with E-state index in [1.807, 2.05) is 17.5 Å². The van der Waals surface area contributed by atoms with Crippen molar-refractivity contribution in [2.75, 3.05) is 12.0 Å². The van der Waals surface area contributed by atoms with Gasteiger partial charge in [-0.3, -0.25) is 14.0 Å². The third-order valence-electron chi connectivity index (χ3n) is 3.13. The van der Waals surface area contributed by atoms with E-state index in [9.17, 15) is 4.39 Å². The van der Waals surface area contributed by atoms with Gasteiger partial charge in [0.05, 0.1) is 6.67 Å². The fraction of sp³-hybridized carbons (Fsp3) is 0.286. The van der Waals surface area contributed by atoms with Crippen molar-refractivity contribution in [3.63, 3.8) is 0 Å². The second-order valence-electron chi connectivity index (χ2n) is 4.54. The maximum absolute atomic E-state index is 12.4. The molecule has 0 radical (unpaired) electrons. The van der Waals surface area contributed by atoms with Crippen molar-refractivity contribution in [1.82, 2.24) is 14.6 Å². The zero-order valence-electron chi connectivity index (χ0n) is 11.6. The Balaban J connectivity index is 0.00000176. The summed E-state index contributed by atoms with van der Waals surface area (Å²) in [6, 6.07) is 6.08. The minimum absolute atomic E-state index is 0. The summed E-state index contributed by atoms with van der Waals surface area (Å²) >= 11 is 5.20. The van der Waals surface area contributed by atoms with Crippen LogP contribution >= 0.6 is 27.3 Å². The van der Waals surface area contributed by atoms with Crippen LogP contribution in [0.2, 0.25) is 0 Å². The van der Waals surface area contributed by atoms with Crippen LogP contribution in [0.3, 0.4) is 0 Å². The summed E-state index contributed by atoms with van der Waals surface area (Å²) in [4.78, 5) is 5.41. The van der Waals surface area contributed by atoms with Crippen molar-refractivity contribution in [2.24, 2.45) is 0 Å². The van der Waals surface area contributed by atoms with Gasteiger partial charge in [-0.2, -0.15) is 0 Å². The van der Waals surface area contributed by atoms with Crippen molar-refractivity contribution < 1.29 is 21.8 Å². The molecule has 0 fully saturated rings. The van der Waals surface area contributed by atoms with E-state index in [0.717, 1.165) is 21.5 Å². The van der Waals surface area contributed by atoms with Crippen LogP contribution < -0.4 is 5.32 Å². The molecule has 1 N–H and O–H groups in total. The molecule has 0 saturated carbocycles. The van der Waals surface area contributed by atoms with Gasteiger partial charge in [0.1, 0.15) is 4.60 Å². The van der Waals surface area contributed by atoms with Gasteiger partial charge in [-0.15, -0.1) is 11.3 Å². The van der Waals surface area contributed by atoms with Gasteiger partial charge in [-0.05, 0) is 64.0 Å². The largest absolute Gasteiger partial charge is 0.441 e.